The van der Waals surface area contributed by atoms with Crippen molar-refractivity contribution in [1.29, 1.82) is 0 Å². The molecule has 0 amide bonds. The molecular formula is C20H25FN4O. The normalized spacial score (nSPS) is 20.8. The van der Waals surface area contributed by atoms with Crippen molar-refractivity contribution in [2.45, 2.75) is 51.7 Å². The molecule has 0 bridgehead atoms. The summed E-state index contributed by atoms with van der Waals surface area (Å²) in [5.41, 5.74) is 2.28. The van der Waals surface area contributed by atoms with Gasteiger partial charge in [-0.2, -0.15) is 0 Å². The quantitative estimate of drug-likeness (QED) is 0.919. The number of piperidine rings is 1. The topological polar surface area (TPSA) is 52.2 Å². The number of rotatable bonds is 3. The predicted molar refractivity (Wildman–Crippen MR) is 99.7 cm³/mol. The highest BCUT2D eigenvalue weighted by atomic mass is 19.1. The molecule has 3 heterocycles. The Morgan fingerprint density at radius 2 is 2.12 bits per heavy atom. The summed E-state index contributed by atoms with van der Waals surface area (Å²) in [7, 11) is 0. The van der Waals surface area contributed by atoms with Crippen LogP contribution in [-0.4, -0.2) is 34.0 Å². The van der Waals surface area contributed by atoms with Gasteiger partial charge in [0.1, 0.15) is 5.82 Å². The number of hydrogen-bond donors (Lipinski definition) is 1. The highest BCUT2D eigenvalue weighted by Gasteiger charge is 2.25. The van der Waals surface area contributed by atoms with Crippen LogP contribution in [0.15, 0.2) is 29.1 Å². The van der Waals surface area contributed by atoms with Crippen LogP contribution in [0.3, 0.4) is 0 Å². The number of aromatic amines is 1. The second-order valence-corrected chi connectivity index (χ2v) is 7.41. The second kappa shape index (κ2) is 7.19. The summed E-state index contributed by atoms with van der Waals surface area (Å²) in [6, 6.07) is 7.26. The molecule has 0 saturated carbocycles. The summed E-state index contributed by atoms with van der Waals surface area (Å²) in [5.74, 6) is 0.508. The molecule has 0 radical (unpaired) electrons. The van der Waals surface area contributed by atoms with Gasteiger partial charge >= 0.3 is 0 Å². The van der Waals surface area contributed by atoms with E-state index in [1.807, 2.05) is 12.1 Å². The Kier molecular flexibility index (Phi) is 4.76. The summed E-state index contributed by atoms with van der Waals surface area (Å²) in [5, 5.41) is 0. The van der Waals surface area contributed by atoms with Crippen molar-refractivity contribution in [2.75, 3.05) is 18.0 Å². The zero-order chi connectivity index (χ0) is 18.1. The van der Waals surface area contributed by atoms with E-state index in [9.17, 15) is 9.18 Å². The van der Waals surface area contributed by atoms with Crippen LogP contribution in [-0.2, 0) is 19.5 Å². The third-order valence-electron chi connectivity index (χ3n) is 5.57. The van der Waals surface area contributed by atoms with Gasteiger partial charge in [0, 0.05) is 43.3 Å². The van der Waals surface area contributed by atoms with Gasteiger partial charge in [0.05, 0.1) is 5.69 Å². The molecule has 0 aliphatic carbocycles. The van der Waals surface area contributed by atoms with E-state index in [4.69, 9.17) is 4.98 Å². The van der Waals surface area contributed by atoms with Crippen LogP contribution in [0.4, 0.5) is 10.3 Å². The average Bonchev–Trinajstić information content (AvgIpc) is 2.64. The molecule has 5 nitrogen and oxygen atoms in total. The van der Waals surface area contributed by atoms with Crippen molar-refractivity contribution >= 4 is 5.95 Å². The Labute approximate surface area is 152 Å². The number of aromatic nitrogens is 2. The van der Waals surface area contributed by atoms with Gasteiger partial charge in [-0.15, -0.1) is 0 Å². The summed E-state index contributed by atoms with van der Waals surface area (Å²) in [4.78, 5) is 24.7. The number of anilines is 1. The fraction of sp³-hybridized carbons (Fsp3) is 0.500. The maximum atomic E-state index is 14.0. The number of hydrogen-bond acceptors (Lipinski definition) is 4. The summed E-state index contributed by atoms with van der Waals surface area (Å²) in [6.45, 7) is 4.98. The molecule has 1 aromatic carbocycles. The van der Waals surface area contributed by atoms with E-state index in [1.54, 1.807) is 6.07 Å². The largest absolute Gasteiger partial charge is 0.340 e. The van der Waals surface area contributed by atoms with Crippen LogP contribution >= 0.6 is 0 Å². The molecule has 1 saturated heterocycles. The molecule has 1 fully saturated rings. The fourth-order valence-electron chi connectivity index (χ4n) is 4.03. The lowest BCUT2D eigenvalue weighted by atomic mass is 10.0. The van der Waals surface area contributed by atoms with Crippen LogP contribution in [0.5, 0.6) is 0 Å². The molecule has 138 valence electrons. The number of benzene rings is 1. The van der Waals surface area contributed by atoms with Gasteiger partial charge in [-0.25, -0.2) is 9.37 Å². The Morgan fingerprint density at radius 3 is 2.92 bits per heavy atom. The van der Waals surface area contributed by atoms with Crippen LogP contribution in [0.25, 0.3) is 0 Å². The Hall–Kier alpha value is -2.21. The monoisotopic (exact) mass is 356 g/mol. The number of nitrogens with one attached hydrogen (secondary N) is 1. The highest BCUT2D eigenvalue weighted by molar-refractivity contribution is 5.36. The lowest BCUT2D eigenvalue weighted by Gasteiger charge is -2.35. The molecule has 26 heavy (non-hydrogen) atoms. The van der Waals surface area contributed by atoms with Crippen molar-refractivity contribution in [3.63, 3.8) is 0 Å². The molecule has 1 atom stereocenters. The van der Waals surface area contributed by atoms with Crippen molar-refractivity contribution in [1.82, 2.24) is 14.9 Å². The minimum absolute atomic E-state index is 0.0201. The first-order valence-corrected chi connectivity index (χ1v) is 9.46. The first kappa shape index (κ1) is 17.2. The zero-order valence-corrected chi connectivity index (χ0v) is 15.2. The second-order valence-electron chi connectivity index (χ2n) is 7.41. The summed E-state index contributed by atoms with van der Waals surface area (Å²) < 4.78 is 14.0. The van der Waals surface area contributed by atoms with Crippen LogP contribution in [0.2, 0.25) is 0 Å². The highest BCUT2D eigenvalue weighted by Crippen LogP contribution is 2.23. The Bertz CT molecular complexity index is 850. The van der Waals surface area contributed by atoms with E-state index in [-0.39, 0.29) is 11.4 Å². The molecule has 4 rings (SSSR count). The van der Waals surface area contributed by atoms with Crippen molar-refractivity contribution < 1.29 is 4.39 Å². The first-order chi connectivity index (χ1) is 12.6. The standard InChI is InChI=1S/C20H25FN4O/c1-14-6-4-5-10-25(14)20-22-18-13-24(11-9-16(18)19(26)23-20)12-15-7-2-3-8-17(15)21/h2-3,7-8,14H,4-6,9-13H2,1H3,(H,22,23,26)/t14-/m0/s1. The van der Waals surface area contributed by atoms with Crippen molar-refractivity contribution in [3.05, 3.63) is 57.3 Å². The lowest BCUT2D eigenvalue weighted by Crippen LogP contribution is -2.41. The number of H-pyrrole nitrogens is 1. The van der Waals surface area contributed by atoms with E-state index in [0.29, 0.717) is 37.1 Å². The first-order valence-electron chi connectivity index (χ1n) is 9.46. The van der Waals surface area contributed by atoms with Crippen molar-refractivity contribution in [3.8, 4) is 0 Å². The van der Waals surface area contributed by atoms with Gasteiger partial charge in [-0.1, -0.05) is 18.2 Å². The zero-order valence-electron chi connectivity index (χ0n) is 15.2. The van der Waals surface area contributed by atoms with Gasteiger partial charge in [0.2, 0.25) is 5.95 Å². The van der Waals surface area contributed by atoms with E-state index in [0.717, 1.165) is 37.2 Å². The molecule has 1 N–H and O–H groups in total. The molecule has 1 aromatic heterocycles. The van der Waals surface area contributed by atoms with Crippen LogP contribution in [0.1, 0.15) is 43.0 Å². The smallest absolute Gasteiger partial charge is 0.255 e. The van der Waals surface area contributed by atoms with Gasteiger partial charge < -0.3 is 4.90 Å². The number of fused-ring (bicyclic) bond motifs is 1. The minimum atomic E-state index is -0.181. The molecule has 0 spiro atoms. The number of nitrogens with zero attached hydrogens (tertiary/aromatic N) is 3. The molecule has 2 aliphatic heterocycles. The van der Waals surface area contributed by atoms with E-state index >= 15 is 0 Å². The summed E-state index contributed by atoms with van der Waals surface area (Å²) >= 11 is 0. The third-order valence-corrected chi connectivity index (χ3v) is 5.57. The lowest BCUT2D eigenvalue weighted by molar-refractivity contribution is 0.237. The van der Waals surface area contributed by atoms with Gasteiger partial charge in [0.15, 0.2) is 0 Å². The average molecular weight is 356 g/mol. The van der Waals surface area contributed by atoms with E-state index in [1.165, 1.54) is 12.5 Å². The van der Waals surface area contributed by atoms with E-state index < -0.39 is 0 Å². The Balaban J connectivity index is 1.57. The minimum Gasteiger partial charge on any atom is -0.340 e. The maximum Gasteiger partial charge on any atom is 0.255 e. The molecule has 0 unspecified atom stereocenters. The third kappa shape index (κ3) is 3.38. The van der Waals surface area contributed by atoms with Gasteiger partial charge in [-0.05, 0) is 38.7 Å². The summed E-state index contributed by atoms with van der Waals surface area (Å²) in [6.07, 6.45) is 4.13. The van der Waals surface area contributed by atoms with E-state index in [2.05, 4.69) is 21.7 Å². The molecule has 2 aromatic rings. The Morgan fingerprint density at radius 1 is 1.27 bits per heavy atom. The molecular weight excluding hydrogens is 331 g/mol. The van der Waals surface area contributed by atoms with Crippen molar-refractivity contribution in [2.24, 2.45) is 0 Å². The van der Waals surface area contributed by atoms with Gasteiger partial charge in [-0.3, -0.25) is 14.7 Å². The number of halogens is 1. The van der Waals surface area contributed by atoms with Gasteiger partial charge in [0.25, 0.3) is 5.56 Å². The maximum absolute atomic E-state index is 14.0. The van der Waals surface area contributed by atoms with Crippen LogP contribution in [0, 0.1) is 5.82 Å². The predicted octanol–water partition coefficient (Wildman–Crippen LogP) is 2.85. The fourth-order valence-corrected chi connectivity index (χ4v) is 4.03. The molecule has 2 aliphatic rings. The SMILES string of the molecule is C[C@H]1CCCCN1c1nc2c(c(=O)[nH]1)CCN(Cc1ccccc1F)C2. The van der Waals surface area contributed by atoms with Crippen LogP contribution < -0.4 is 10.5 Å². The molecule has 6 heteroatoms.